The number of hydrogen-bond donors (Lipinski definition) is 0. The van der Waals surface area contributed by atoms with E-state index in [1.165, 1.54) is 11.1 Å². The van der Waals surface area contributed by atoms with Crippen LogP contribution in [0.4, 0.5) is 0 Å². The SMILES string of the molecule is COc1cc(C)c(CCN(C)CC=O)cc1OC. The van der Waals surface area contributed by atoms with Gasteiger partial charge in [0.25, 0.3) is 0 Å². The van der Waals surface area contributed by atoms with Crippen molar-refractivity contribution in [3.8, 4) is 11.5 Å². The zero-order valence-electron chi connectivity index (χ0n) is 11.5. The van der Waals surface area contributed by atoms with E-state index in [2.05, 4.69) is 6.92 Å². The molecule has 4 heteroatoms. The molecule has 18 heavy (non-hydrogen) atoms. The van der Waals surface area contributed by atoms with Crippen LogP contribution in [-0.4, -0.2) is 45.5 Å². The van der Waals surface area contributed by atoms with E-state index in [0.717, 1.165) is 30.8 Å². The molecule has 0 unspecified atom stereocenters. The third kappa shape index (κ3) is 3.74. The highest BCUT2D eigenvalue weighted by atomic mass is 16.5. The quantitative estimate of drug-likeness (QED) is 0.691. The maximum atomic E-state index is 10.4. The number of carbonyl (C=O) groups is 1. The summed E-state index contributed by atoms with van der Waals surface area (Å²) in [7, 11) is 5.20. The number of nitrogens with zero attached hydrogens (tertiary/aromatic N) is 1. The number of hydrogen-bond acceptors (Lipinski definition) is 4. The van der Waals surface area contributed by atoms with Crippen molar-refractivity contribution in [2.24, 2.45) is 0 Å². The van der Waals surface area contributed by atoms with Crippen molar-refractivity contribution >= 4 is 6.29 Å². The molecule has 0 N–H and O–H groups in total. The molecule has 0 aromatic heterocycles. The number of methoxy groups -OCH3 is 2. The lowest BCUT2D eigenvalue weighted by Crippen LogP contribution is -2.23. The minimum Gasteiger partial charge on any atom is -0.493 e. The van der Waals surface area contributed by atoms with Gasteiger partial charge in [-0.1, -0.05) is 0 Å². The minimum atomic E-state index is 0.465. The molecule has 0 heterocycles. The summed E-state index contributed by atoms with van der Waals surface area (Å²) in [6.45, 7) is 3.36. The van der Waals surface area contributed by atoms with Crippen LogP contribution in [0.3, 0.4) is 0 Å². The zero-order valence-corrected chi connectivity index (χ0v) is 11.5. The average molecular weight is 251 g/mol. The Morgan fingerprint density at radius 2 is 1.83 bits per heavy atom. The summed E-state index contributed by atoms with van der Waals surface area (Å²) in [6.07, 6.45) is 1.80. The van der Waals surface area contributed by atoms with Crippen molar-refractivity contribution in [3.05, 3.63) is 23.3 Å². The molecule has 0 saturated carbocycles. The lowest BCUT2D eigenvalue weighted by molar-refractivity contribution is -0.108. The van der Waals surface area contributed by atoms with Crippen LogP contribution >= 0.6 is 0 Å². The van der Waals surface area contributed by atoms with Crippen molar-refractivity contribution in [1.29, 1.82) is 0 Å². The van der Waals surface area contributed by atoms with Gasteiger partial charge in [0.15, 0.2) is 11.5 Å². The normalized spacial score (nSPS) is 10.5. The molecule has 4 nitrogen and oxygen atoms in total. The van der Waals surface area contributed by atoms with Crippen molar-refractivity contribution < 1.29 is 14.3 Å². The number of benzene rings is 1. The van der Waals surface area contributed by atoms with Crippen molar-refractivity contribution in [1.82, 2.24) is 4.90 Å². The molecule has 0 spiro atoms. The molecule has 0 aliphatic rings. The van der Waals surface area contributed by atoms with E-state index in [-0.39, 0.29) is 0 Å². The summed E-state index contributed by atoms with van der Waals surface area (Å²) < 4.78 is 10.5. The summed E-state index contributed by atoms with van der Waals surface area (Å²) >= 11 is 0. The van der Waals surface area contributed by atoms with Gasteiger partial charge in [-0.2, -0.15) is 0 Å². The standard InChI is InChI=1S/C14H21NO3/c1-11-9-13(17-3)14(18-4)10-12(11)5-6-15(2)7-8-16/h8-10H,5-7H2,1-4H3. The van der Waals surface area contributed by atoms with Gasteiger partial charge in [-0.05, 0) is 43.7 Å². The Morgan fingerprint density at radius 1 is 1.22 bits per heavy atom. The number of rotatable bonds is 7. The Hall–Kier alpha value is -1.55. The maximum absolute atomic E-state index is 10.4. The van der Waals surface area contributed by atoms with Crippen LogP contribution in [0, 0.1) is 6.92 Å². The molecule has 1 rings (SSSR count). The Bertz CT molecular complexity index is 404. The van der Waals surface area contributed by atoms with Crippen LogP contribution in [-0.2, 0) is 11.2 Å². The molecule has 0 bridgehead atoms. The van der Waals surface area contributed by atoms with Gasteiger partial charge in [0.05, 0.1) is 20.8 Å². The van der Waals surface area contributed by atoms with Crippen molar-refractivity contribution in [3.63, 3.8) is 0 Å². The lowest BCUT2D eigenvalue weighted by Gasteiger charge is -2.16. The Kier molecular flexibility index (Phi) is 5.65. The van der Waals surface area contributed by atoms with Gasteiger partial charge in [0, 0.05) is 6.54 Å². The van der Waals surface area contributed by atoms with E-state index in [1.54, 1.807) is 14.2 Å². The highest BCUT2D eigenvalue weighted by Crippen LogP contribution is 2.30. The molecule has 100 valence electrons. The summed E-state index contributed by atoms with van der Waals surface area (Å²) in [4.78, 5) is 12.4. The maximum Gasteiger partial charge on any atom is 0.161 e. The molecule has 0 aliphatic carbocycles. The van der Waals surface area contributed by atoms with E-state index < -0.39 is 0 Å². The summed E-state index contributed by atoms with van der Waals surface area (Å²) in [5.74, 6) is 1.50. The van der Waals surface area contributed by atoms with Gasteiger partial charge in [-0.25, -0.2) is 0 Å². The van der Waals surface area contributed by atoms with Crippen LogP contribution in [0.2, 0.25) is 0 Å². The monoisotopic (exact) mass is 251 g/mol. The predicted octanol–water partition coefficient (Wildman–Crippen LogP) is 1.69. The van der Waals surface area contributed by atoms with Gasteiger partial charge >= 0.3 is 0 Å². The molecule has 0 fully saturated rings. The molecule has 0 atom stereocenters. The highest BCUT2D eigenvalue weighted by Gasteiger charge is 2.09. The predicted molar refractivity (Wildman–Crippen MR) is 71.5 cm³/mol. The molecule has 1 aromatic rings. The van der Waals surface area contributed by atoms with Crippen LogP contribution in [0.25, 0.3) is 0 Å². The first-order valence-electron chi connectivity index (χ1n) is 5.96. The van der Waals surface area contributed by atoms with Crippen molar-refractivity contribution in [2.75, 3.05) is 34.4 Å². The fourth-order valence-electron chi connectivity index (χ4n) is 1.82. The van der Waals surface area contributed by atoms with E-state index in [4.69, 9.17) is 9.47 Å². The number of ether oxygens (including phenoxy) is 2. The molecule has 0 saturated heterocycles. The summed E-state index contributed by atoms with van der Waals surface area (Å²) in [5.41, 5.74) is 2.39. The first-order chi connectivity index (χ1) is 8.62. The van der Waals surface area contributed by atoms with Crippen LogP contribution in [0.5, 0.6) is 11.5 Å². The Balaban J connectivity index is 2.79. The smallest absolute Gasteiger partial charge is 0.161 e. The zero-order chi connectivity index (χ0) is 13.5. The number of likely N-dealkylation sites (N-methyl/N-ethyl adjacent to an activating group) is 1. The summed E-state index contributed by atoms with van der Waals surface area (Å²) in [6, 6.07) is 3.98. The van der Waals surface area contributed by atoms with Gasteiger partial charge in [-0.3, -0.25) is 4.90 Å². The number of aldehydes is 1. The molecule has 0 amide bonds. The molecule has 0 aliphatic heterocycles. The van der Waals surface area contributed by atoms with Gasteiger partial charge in [0.1, 0.15) is 6.29 Å². The van der Waals surface area contributed by atoms with Gasteiger partial charge < -0.3 is 14.3 Å². The second-order valence-corrected chi connectivity index (χ2v) is 4.31. The van der Waals surface area contributed by atoms with E-state index >= 15 is 0 Å². The number of aryl methyl sites for hydroxylation is 1. The highest BCUT2D eigenvalue weighted by molar-refractivity contribution is 5.52. The van der Waals surface area contributed by atoms with Crippen LogP contribution in [0.1, 0.15) is 11.1 Å². The van der Waals surface area contributed by atoms with Gasteiger partial charge in [0.2, 0.25) is 0 Å². The topological polar surface area (TPSA) is 38.8 Å². The molecule has 0 radical (unpaired) electrons. The number of carbonyl (C=O) groups excluding carboxylic acids is 1. The Labute approximate surface area is 108 Å². The second-order valence-electron chi connectivity index (χ2n) is 4.31. The first kappa shape index (κ1) is 14.5. The first-order valence-corrected chi connectivity index (χ1v) is 5.96. The van der Waals surface area contributed by atoms with Crippen molar-refractivity contribution in [2.45, 2.75) is 13.3 Å². The Morgan fingerprint density at radius 3 is 2.39 bits per heavy atom. The van der Waals surface area contributed by atoms with Gasteiger partial charge in [-0.15, -0.1) is 0 Å². The fraction of sp³-hybridized carbons (Fsp3) is 0.500. The fourth-order valence-corrected chi connectivity index (χ4v) is 1.82. The second kappa shape index (κ2) is 7.01. The third-order valence-electron chi connectivity index (χ3n) is 2.99. The van der Waals surface area contributed by atoms with E-state index in [0.29, 0.717) is 6.54 Å². The van der Waals surface area contributed by atoms with Crippen LogP contribution in [0.15, 0.2) is 12.1 Å². The third-order valence-corrected chi connectivity index (χ3v) is 2.99. The largest absolute Gasteiger partial charge is 0.493 e. The van der Waals surface area contributed by atoms with E-state index in [9.17, 15) is 4.79 Å². The average Bonchev–Trinajstić information content (AvgIpc) is 2.37. The van der Waals surface area contributed by atoms with E-state index in [1.807, 2.05) is 24.1 Å². The molecule has 1 aromatic carbocycles. The minimum absolute atomic E-state index is 0.465. The van der Waals surface area contributed by atoms with Crippen LogP contribution < -0.4 is 9.47 Å². The molecular weight excluding hydrogens is 230 g/mol. The molecular formula is C14H21NO3. The lowest BCUT2D eigenvalue weighted by atomic mass is 10.0. The summed E-state index contributed by atoms with van der Waals surface area (Å²) in [5, 5.41) is 0.